The molecule has 0 saturated heterocycles. The molecule has 2 aliphatic rings. The van der Waals surface area contributed by atoms with Crippen molar-refractivity contribution in [3.63, 3.8) is 0 Å². The van der Waals surface area contributed by atoms with Gasteiger partial charge in [0, 0.05) is 5.92 Å². The molecule has 0 spiro atoms. The summed E-state index contributed by atoms with van der Waals surface area (Å²) in [6.07, 6.45) is 4.54. The van der Waals surface area contributed by atoms with Crippen LogP contribution in [0, 0.1) is 34.5 Å². The van der Waals surface area contributed by atoms with Crippen LogP contribution < -0.4 is 0 Å². The SMILES string of the molecule is CCOC(=O)C(C(=O)OCC)C1(C#N)CC2CC(CC)=CC21. The predicted octanol–water partition coefficient (Wildman–Crippen LogP) is 2.61. The molecule has 0 bridgehead atoms. The number of fused-ring (bicyclic) bond motifs is 1. The first-order valence-electron chi connectivity index (χ1n) is 7.98. The van der Waals surface area contributed by atoms with Gasteiger partial charge in [0.2, 0.25) is 0 Å². The van der Waals surface area contributed by atoms with Gasteiger partial charge in [-0.2, -0.15) is 5.26 Å². The third kappa shape index (κ3) is 2.51. The van der Waals surface area contributed by atoms with Gasteiger partial charge in [-0.05, 0) is 39.0 Å². The van der Waals surface area contributed by atoms with Crippen LogP contribution in [0.2, 0.25) is 0 Å². The zero-order valence-electron chi connectivity index (χ0n) is 13.4. The Morgan fingerprint density at radius 2 is 1.91 bits per heavy atom. The summed E-state index contributed by atoms with van der Waals surface area (Å²) in [6, 6.07) is 2.26. The van der Waals surface area contributed by atoms with Crippen molar-refractivity contribution in [3.8, 4) is 6.07 Å². The number of hydrogen-bond donors (Lipinski definition) is 0. The van der Waals surface area contributed by atoms with Gasteiger partial charge in [0.15, 0.2) is 5.92 Å². The van der Waals surface area contributed by atoms with Crippen molar-refractivity contribution < 1.29 is 19.1 Å². The monoisotopic (exact) mass is 305 g/mol. The minimum absolute atomic E-state index is 0.0498. The van der Waals surface area contributed by atoms with Crippen molar-refractivity contribution >= 4 is 11.9 Å². The highest BCUT2D eigenvalue weighted by Gasteiger charge is 2.64. The molecule has 0 aromatic heterocycles. The molecule has 120 valence electrons. The number of allylic oxidation sites excluding steroid dienone is 2. The lowest BCUT2D eigenvalue weighted by Gasteiger charge is -2.49. The first kappa shape index (κ1) is 16.5. The molecular weight excluding hydrogens is 282 g/mol. The summed E-state index contributed by atoms with van der Waals surface area (Å²) in [5.41, 5.74) is 0.290. The lowest BCUT2D eigenvalue weighted by molar-refractivity contribution is -0.173. The van der Waals surface area contributed by atoms with Gasteiger partial charge in [-0.1, -0.05) is 18.6 Å². The molecule has 1 saturated carbocycles. The minimum Gasteiger partial charge on any atom is -0.465 e. The van der Waals surface area contributed by atoms with Crippen LogP contribution in [0.5, 0.6) is 0 Å². The Hall–Kier alpha value is -1.83. The summed E-state index contributed by atoms with van der Waals surface area (Å²) in [4.78, 5) is 24.6. The number of ether oxygens (including phenoxy) is 2. The van der Waals surface area contributed by atoms with Gasteiger partial charge in [0.25, 0.3) is 0 Å². The Morgan fingerprint density at radius 1 is 1.32 bits per heavy atom. The van der Waals surface area contributed by atoms with Crippen molar-refractivity contribution in [2.24, 2.45) is 23.2 Å². The van der Waals surface area contributed by atoms with E-state index in [0.29, 0.717) is 12.3 Å². The van der Waals surface area contributed by atoms with Crippen LogP contribution in [-0.2, 0) is 19.1 Å². The van der Waals surface area contributed by atoms with E-state index in [4.69, 9.17) is 9.47 Å². The molecule has 5 heteroatoms. The third-order valence-electron chi connectivity index (χ3n) is 4.86. The summed E-state index contributed by atoms with van der Waals surface area (Å²) in [6.45, 7) is 5.82. The third-order valence-corrected chi connectivity index (χ3v) is 4.86. The quantitative estimate of drug-likeness (QED) is 0.428. The van der Waals surface area contributed by atoms with Crippen LogP contribution in [0.3, 0.4) is 0 Å². The second-order valence-corrected chi connectivity index (χ2v) is 5.96. The average molecular weight is 305 g/mol. The standard InChI is InChI=1S/C17H23NO4/c1-4-11-7-12-9-17(10-18,13(12)8-11)14(15(19)21-5-2)16(20)22-6-3/h8,12-14H,4-7,9H2,1-3H3. The Kier molecular flexibility index (Phi) is 4.90. The first-order valence-corrected chi connectivity index (χ1v) is 7.98. The Labute approximate surface area is 131 Å². The van der Waals surface area contributed by atoms with E-state index >= 15 is 0 Å². The summed E-state index contributed by atoms with van der Waals surface area (Å²) in [5, 5.41) is 9.75. The fourth-order valence-corrected chi connectivity index (χ4v) is 3.82. The van der Waals surface area contributed by atoms with Crippen LogP contribution in [0.25, 0.3) is 0 Å². The number of esters is 2. The van der Waals surface area contributed by atoms with E-state index < -0.39 is 23.3 Å². The molecule has 0 N–H and O–H groups in total. The largest absolute Gasteiger partial charge is 0.465 e. The number of rotatable bonds is 6. The van der Waals surface area contributed by atoms with Crippen LogP contribution in [0.15, 0.2) is 11.6 Å². The molecule has 0 heterocycles. The Balaban J connectivity index is 2.33. The van der Waals surface area contributed by atoms with Gasteiger partial charge in [0.1, 0.15) is 0 Å². The Morgan fingerprint density at radius 3 is 2.36 bits per heavy atom. The second-order valence-electron chi connectivity index (χ2n) is 5.96. The molecular formula is C17H23NO4. The summed E-state index contributed by atoms with van der Waals surface area (Å²) in [5.74, 6) is -2.11. The van der Waals surface area contributed by atoms with E-state index in [1.54, 1.807) is 13.8 Å². The smallest absolute Gasteiger partial charge is 0.322 e. The maximum absolute atomic E-state index is 12.3. The van der Waals surface area contributed by atoms with Crippen LogP contribution in [0.1, 0.15) is 40.0 Å². The number of hydrogen-bond acceptors (Lipinski definition) is 5. The van der Waals surface area contributed by atoms with Crippen molar-refractivity contribution in [2.45, 2.75) is 40.0 Å². The highest BCUT2D eigenvalue weighted by atomic mass is 16.6. The van der Waals surface area contributed by atoms with E-state index in [-0.39, 0.29) is 19.1 Å². The second kappa shape index (κ2) is 6.51. The summed E-state index contributed by atoms with van der Waals surface area (Å²) >= 11 is 0. The fraction of sp³-hybridized carbons (Fsp3) is 0.706. The molecule has 1 fully saturated rings. The van der Waals surface area contributed by atoms with E-state index in [2.05, 4.69) is 19.1 Å². The van der Waals surface area contributed by atoms with Crippen LogP contribution in [-0.4, -0.2) is 25.2 Å². The van der Waals surface area contributed by atoms with E-state index in [0.717, 1.165) is 12.8 Å². The van der Waals surface area contributed by atoms with E-state index in [9.17, 15) is 14.9 Å². The molecule has 2 aliphatic carbocycles. The normalized spacial score (nSPS) is 29.1. The highest BCUT2D eigenvalue weighted by molar-refractivity contribution is 5.96. The van der Waals surface area contributed by atoms with Gasteiger partial charge in [-0.15, -0.1) is 0 Å². The van der Waals surface area contributed by atoms with E-state index in [1.807, 2.05) is 0 Å². The highest BCUT2D eigenvalue weighted by Crippen LogP contribution is 2.61. The number of carbonyl (C=O) groups excluding carboxylic acids is 2. The lowest BCUT2D eigenvalue weighted by Crippen LogP contribution is -2.55. The fourth-order valence-electron chi connectivity index (χ4n) is 3.82. The van der Waals surface area contributed by atoms with Crippen molar-refractivity contribution in [2.75, 3.05) is 13.2 Å². The molecule has 3 atom stereocenters. The van der Waals surface area contributed by atoms with Crippen LogP contribution in [0.4, 0.5) is 0 Å². The zero-order valence-corrected chi connectivity index (χ0v) is 13.4. The van der Waals surface area contributed by atoms with E-state index in [1.165, 1.54) is 5.57 Å². The van der Waals surface area contributed by atoms with Gasteiger partial charge in [-0.3, -0.25) is 9.59 Å². The van der Waals surface area contributed by atoms with Gasteiger partial charge in [0.05, 0.1) is 24.7 Å². The maximum Gasteiger partial charge on any atom is 0.322 e. The molecule has 0 amide bonds. The topological polar surface area (TPSA) is 76.4 Å². The van der Waals surface area contributed by atoms with Gasteiger partial charge in [-0.25, -0.2) is 0 Å². The number of nitrogens with zero attached hydrogens (tertiary/aromatic N) is 1. The molecule has 3 unspecified atom stereocenters. The molecule has 0 aromatic carbocycles. The Bertz CT molecular complexity index is 515. The molecule has 2 rings (SSSR count). The average Bonchev–Trinajstić information content (AvgIpc) is 2.82. The van der Waals surface area contributed by atoms with Crippen molar-refractivity contribution in [1.82, 2.24) is 0 Å². The molecule has 22 heavy (non-hydrogen) atoms. The maximum atomic E-state index is 12.3. The van der Waals surface area contributed by atoms with Crippen molar-refractivity contribution in [1.29, 1.82) is 5.26 Å². The summed E-state index contributed by atoms with van der Waals surface area (Å²) < 4.78 is 10.1. The number of nitriles is 1. The van der Waals surface area contributed by atoms with Gasteiger partial charge >= 0.3 is 11.9 Å². The van der Waals surface area contributed by atoms with Gasteiger partial charge < -0.3 is 9.47 Å². The summed E-state index contributed by atoms with van der Waals surface area (Å²) in [7, 11) is 0. The predicted molar refractivity (Wildman–Crippen MR) is 79.4 cm³/mol. The molecule has 0 radical (unpaired) electrons. The molecule has 0 aromatic rings. The molecule has 0 aliphatic heterocycles. The van der Waals surface area contributed by atoms with Crippen molar-refractivity contribution in [3.05, 3.63) is 11.6 Å². The lowest BCUT2D eigenvalue weighted by atomic mass is 9.50. The molecule has 5 nitrogen and oxygen atoms in total. The van der Waals surface area contributed by atoms with Crippen LogP contribution >= 0.6 is 0 Å². The zero-order chi connectivity index (χ0) is 16.3. The first-order chi connectivity index (χ1) is 10.5. The minimum atomic E-state index is -1.15. The number of carbonyl (C=O) groups is 2.